The van der Waals surface area contributed by atoms with E-state index in [4.69, 9.17) is 5.84 Å². The van der Waals surface area contributed by atoms with E-state index in [0.717, 1.165) is 30.8 Å². The Balaban J connectivity index is 2.00. The number of nitrogens with two attached hydrogens (primary N) is 1. The lowest BCUT2D eigenvalue weighted by atomic mass is 10.0. The number of aryl methyl sites for hydroxylation is 2. The van der Waals surface area contributed by atoms with Crippen LogP contribution in [0.4, 0.5) is 5.82 Å². The van der Waals surface area contributed by atoms with Crippen LogP contribution >= 0.6 is 0 Å². The zero-order valence-electron chi connectivity index (χ0n) is 13.7. The van der Waals surface area contributed by atoms with E-state index >= 15 is 0 Å². The molecule has 0 fully saturated rings. The number of amides is 1. The number of carbonyl (C=O) groups is 1. The molecular formula is C18H24N4O. The van der Waals surface area contributed by atoms with Gasteiger partial charge < -0.3 is 4.90 Å². The van der Waals surface area contributed by atoms with Gasteiger partial charge in [-0.3, -0.25) is 10.2 Å². The molecule has 0 saturated heterocycles. The van der Waals surface area contributed by atoms with Crippen molar-refractivity contribution in [2.24, 2.45) is 5.84 Å². The van der Waals surface area contributed by atoms with E-state index in [1.807, 2.05) is 24.4 Å². The molecule has 2 rings (SSSR count). The van der Waals surface area contributed by atoms with Gasteiger partial charge in [-0.2, -0.15) is 0 Å². The highest BCUT2D eigenvalue weighted by Crippen LogP contribution is 2.18. The number of rotatable bonds is 7. The van der Waals surface area contributed by atoms with Crippen LogP contribution in [0, 0.1) is 0 Å². The molecule has 0 radical (unpaired) electrons. The molecule has 0 aliphatic rings. The van der Waals surface area contributed by atoms with Gasteiger partial charge in [0.25, 0.3) is 0 Å². The van der Waals surface area contributed by atoms with E-state index in [1.165, 1.54) is 11.1 Å². The van der Waals surface area contributed by atoms with Crippen molar-refractivity contribution in [1.29, 1.82) is 0 Å². The number of benzene rings is 1. The second-order valence-corrected chi connectivity index (χ2v) is 5.56. The van der Waals surface area contributed by atoms with Gasteiger partial charge in [0.15, 0.2) is 0 Å². The maximum Gasteiger partial charge on any atom is 0.238 e. The van der Waals surface area contributed by atoms with Gasteiger partial charge in [-0.1, -0.05) is 30.3 Å². The van der Waals surface area contributed by atoms with Crippen molar-refractivity contribution in [3.05, 3.63) is 59.3 Å². The molecule has 0 saturated carbocycles. The zero-order valence-corrected chi connectivity index (χ0v) is 13.7. The first-order valence-electron chi connectivity index (χ1n) is 7.86. The minimum atomic E-state index is -0.180. The Bertz CT molecular complexity index is 640. The number of anilines is 1. The van der Waals surface area contributed by atoms with Crippen LogP contribution in [-0.2, 0) is 24.1 Å². The fourth-order valence-corrected chi connectivity index (χ4v) is 2.46. The zero-order chi connectivity index (χ0) is 16.7. The van der Waals surface area contributed by atoms with Crippen LogP contribution in [0.3, 0.4) is 0 Å². The molecule has 122 valence electrons. The first-order chi connectivity index (χ1) is 11.1. The maximum atomic E-state index is 11.3. The Hall–Kier alpha value is -2.40. The van der Waals surface area contributed by atoms with Gasteiger partial charge in [0.05, 0.1) is 6.42 Å². The lowest BCUT2D eigenvalue weighted by Gasteiger charge is -2.19. The molecule has 1 amide bonds. The largest absolute Gasteiger partial charge is 0.360 e. The number of hydrogen-bond acceptors (Lipinski definition) is 4. The van der Waals surface area contributed by atoms with Crippen molar-refractivity contribution >= 4 is 11.7 Å². The number of pyridine rings is 1. The number of carbonyl (C=O) groups excluding carboxylic acids is 1. The lowest BCUT2D eigenvalue weighted by molar-refractivity contribution is -0.120. The number of hydrogen-bond donors (Lipinski definition) is 2. The van der Waals surface area contributed by atoms with E-state index in [2.05, 4.69) is 47.5 Å². The highest BCUT2D eigenvalue weighted by Gasteiger charge is 2.07. The molecule has 1 aromatic carbocycles. The van der Waals surface area contributed by atoms with Crippen LogP contribution in [0.25, 0.3) is 0 Å². The molecule has 23 heavy (non-hydrogen) atoms. The molecule has 5 nitrogen and oxygen atoms in total. The predicted molar refractivity (Wildman–Crippen MR) is 93.1 cm³/mol. The number of nitrogens with zero attached hydrogens (tertiary/aromatic N) is 2. The molecular weight excluding hydrogens is 288 g/mol. The average molecular weight is 312 g/mol. The summed E-state index contributed by atoms with van der Waals surface area (Å²) in [4.78, 5) is 17.9. The van der Waals surface area contributed by atoms with Crippen LogP contribution in [-0.4, -0.2) is 24.5 Å². The highest BCUT2D eigenvalue weighted by molar-refractivity contribution is 5.77. The van der Waals surface area contributed by atoms with E-state index < -0.39 is 0 Å². The standard InChI is InChI=1S/C18H24N4O/c1-3-22(2)18-16(5-4-12-20-18)11-10-14-6-8-15(9-7-14)13-17(23)21-19/h4-9,12H,3,10-11,13,19H2,1-2H3,(H,21,23). The second-order valence-electron chi connectivity index (χ2n) is 5.56. The van der Waals surface area contributed by atoms with Crippen LogP contribution in [0.2, 0.25) is 0 Å². The predicted octanol–water partition coefficient (Wildman–Crippen LogP) is 1.86. The van der Waals surface area contributed by atoms with Gasteiger partial charge >= 0.3 is 0 Å². The van der Waals surface area contributed by atoms with Gasteiger partial charge in [-0.05, 0) is 42.5 Å². The summed E-state index contributed by atoms with van der Waals surface area (Å²) in [6.45, 7) is 3.05. The first-order valence-corrected chi connectivity index (χ1v) is 7.86. The average Bonchev–Trinajstić information content (AvgIpc) is 2.60. The summed E-state index contributed by atoms with van der Waals surface area (Å²) in [6, 6.07) is 12.2. The van der Waals surface area contributed by atoms with Gasteiger partial charge in [-0.25, -0.2) is 10.8 Å². The van der Waals surface area contributed by atoms with Gasteiger partial charge in [0.2, 0.25) is 5.91 Å². The molecule has 0 aliphatic carbocycles. The summed E-state index contributed by atoms with van der Waals surface area (Å²) in [5.41, 5.74) is 5.61. The summed E-state index contributed by atoms with van der Waals surface area (Å²) in [5.74, 6) is 5.97. The Morgan fingerprint density at radius 3 is 2.52 bits per heavy atom. The van der Waals surface area contributed by atoms with Crippen molar-refractivity contribution in [1.82, 2.24) is 10.4 Å². The van der Waals surface area contributed by atoms with Crippen molar-refractivity contribution in [3.63, 3.8) is 0 Å². The van der Waals surface area contributed by atoms with Crippen molar-refractivity contribution in [3.8, 4) is 0 Å². The Kier molecular flexibility index (Phi) is 6.11. The molecule has 1 heterocycles. The van der Waals surface area contributed by atoms with Crippen LogP contribution in [0.5, 0.6) is 0 Å². The Morgan fingerprint density at radius 1 is 1.17 bits per heavy atom. The van der Waals surface area contributed by atoms with Gasteiger partial charge in [0, 0.05) is 19.8 Å². The molecule has 0 unspecified atom stereocenters. The monoisotopic (exact) mass is 312 g/mol. The van der Waals surface area contributed by atoms with Crippen molar-refractivity contribution in [2.45, 2.75) is 26.2 Å². The van der Waals surface area contributed by atoms with Gasteiger partial charge in [0.1, 0.15) is 5.82 Å². The summed E-state index contributed by atoms with van der Waals surface area (Å²) >= 11 is 0. The Labute approximate surface area is 137 Å². The summed E-state index contributed by atoms with van der Waals surface area (Å²) in [6.07, 6.45) is 4.03. The van der Waals surface area contributed by atoms with E-state index in [1.54, 1.807) is 0 Å². The topological polar surface area (TPSA) is 71.2 Å². The molecule has 0 spiro atoms. The van der Waals surface area contributed by atoms with E-state index in [0.29, 0.717) is 6.42 Å². The van der Waals surface area contributed by atoms with E-state index in [9.17, 15) is 4.79 Å². The smallest absolute Gasteiger partial charge is 0.238 e. The fraction of sp³-hybridized carbons (Fsp3) is 0.333. The third-order valence-corrected chi connectivity index (χ3v) is 3.94. The molecule has 0 aliphatic heterocycles. The molecule has 3 N–H and O–H groups in total. The quantitative estimate of drug-likeness (QED) is 0.465. The summed E-state index contributed by atoms with van der Waals surface area (Å²) in [7, 11) is 2.06. The summed E-state index contributed by atoms with van der Waals surface area (Å²) < 4.78 is 0. The third-order valence-electron chi connectivity index (χ3n) is 3.94. The summed E-state index contributed by atoms with van der Waals surface area (Å²) in [5, 5.41) is 0. The fourth-order valence-electron chi connectivity index (χ4n) is 2.46. The van der Waals surface area contributed by atoms with Gasteiger partial charge in [-0.15, -0.1) is 0 Å². The molecule has 5 heteroatoms. The van der Waals surface area contributed by atoms with Crippen LogP contribution < -0.4 is 16.2 Å². The molecule has 2 aromatic rings. The Morgan fingerprint density at radius 2 is 1.87 bits per heavy atom. The normalized spacial score (nSPS) is 10.4. The maximum absolute atomic E-state index is 11.3. The minimum absolute atomic E-state index is 0.180. The molecule has 1 aromatic heterocycles. The number of aromatic nitrogens is 1. The third kappa shape index (κ3) is 4.79. The minimum Gasteiger partial charge on any atom is -0.360 e. The molecule has 0 atom stereocenters. The second kappa shape index (κ2) is 8.29. The number of hydrazine groups is 1. The van der Waals surface area contributed by atoms with E-state index in [-0.39, 0.29) is 5.91 Å². The highest BCUT2D eigenvalue weighted by atomic mass is 16.2. The molecule has 0 bridgehead atoms. The van der Waals surface area contributed by atoms with Crippen LogP contribution in [0.1, 0.15) is 23.6 Å². The number of nitrogens with one attached hydrogen (secondary N) is 1. The van der Waals surface area contributed by atoms with Crippen molar-refractivity contribution in [2.75, 3.05) is 18.5 Å². The van der Waals surface area contributed by atoms with Crippen molar-refractivity contribution < 1.29 is 4.79 Å². The first kappa shape index (κ1) is 17.0. The lowest BCUT2D eigenvalue weighted by Crippen LogP contribution is -2.31. The SMILES string of the molecule is CCN(C)c1ncccc1CCc1ccc(CC(=O)NN)cc1. The van der Waals surface area contributed by atoms with Crippen LogP contribution in [0.15, 0.2) is 42.6 Å².